The number of aliphatic hydroxyl groups excluding tert-OH is 1. The smallest absolute Gasteiger partial charge is 0.178 e. The lowest BCUT2D eigenvalue weighted by Gasteiger charge is -2.37. The first-order chi connectivity index (χ1) is 14.9. The summed E-state index contributed by atoms with van der Waals surface area (Å²) in [5.74, 6) is 2.48. The molecule has 3 heterocycles. The van der Waals surface area contributed by atoms with Crippen LogP contribution in [-0.2, 0) is 6.42 Å². The maximum absolute atomic E-state index is 13.6. The lowest BCUT2D eigenvalue weighted by molar-refractivity contribution is 0.0554. The molecule has 0 amide bonds. The number of aliphatic hydroxyl groups is 1. The Kier molecular flexibility index (Phi) is 4.97. The minimum absolute atomic E-state index is 0.00515. The zero-order valence-electron chi connectivity index (χ0n) is 17.4. The molecule has 0 bridgehead atoms. The Bertz CT molecular complexity index is 1060. The van der Waals surface area contributed by atoms with Crippen LogP contribution in [0, 0.1) is 0 Å². The summed E-state index contributed by atoms with van der Waals surface area (Å²) < 4.78 is 28.8. The first-order valence-electron chi connectivity index (χ1n) is 10.1. The largest absolute Gasteiger partial charge is 0.493 e. The van der Waals surface area contributed by atoms with Gasteiger partial charge in [-0.2, -0.15) is 0 Å². The molecule has 3 aliphatic heterocycles. The highest BCUT2D eigenvalue weighted by atomic mass is 127. The number of rotatable bonds is 4. The van der Waals surface area contributed by atoms with Crippen molar-refractivity contribution in [2.45, 2.75) is 34.9 Å². The number of fused-ring (bicyclic) bond motifs is 6. The quantitative estimate of drug-likeness (QED) is 0.473. The second-order valence-electron chi connectivity index (χ2n) is 8.22. The molecule has 1 N–H and O–H groups in total. The highest BCUT2D eigenvalue weighted by Gasteiger charge is 2.47. The summed E-state index contributed by atoms with van der Waals surface area (Å²) in [7, 11) is 3.13. The van der Waals surface area contributed by atoms with Crippen LogP contribution in [0.25, 0.3) is 0 Å². The highest BCUT2D eigenvalue weighted by molar-refractivity contribution is 14.1. The summed E-state index contributed by atoms with van der Waals surface area (Å²) >= 11 is 2.22. The van der Waals surface area contributed by atoms with Crippen LogP contribution in [-0.4, -0.2) is 54.0 Å². The van der Waals surface area contributed by atoms with Crippen molar-refractivity contribution in [2.75, 3.05) is 27.4 Å². The van der Waals surface area contributed by atoms with E-state index in [1.54, 1.807) is 32.4 Å². The van der Waals surface area contributed by atoms with Crippen molar-refractivity contribution in [2.24, 2.45) is 0 Å². The first-order valence-corrected chi connectivity index (χ1v) is 11.2. The zero-order chi connectivity index (χ0) is 21.9. The summed E-state index contributed by atoms with van der Waals surface area (Å²) in [6, 6.07) is 7.15. The van der Waals surface area contributed by atoms with Crippen molar-refractivity contribution in [3.63, 3.8) is 0 Å². The summed E-state index contributed by atoms with van der Waals surface area (Å²) in [5, 5.41) is 9.73. The maximum atomic E-state index is 13.6. The van der Waals surface area contributed by atoms with Gasteiger partial charge in [-0.3, -0.25) is 4.79 Å². The number of hydrogen-bond donors (Lipinski definition) is 1. The maximum Gasteiger partial charge on any atom is 0.178 e. The van der Waals surface area contributed by atoms with Gasteiger partial charge in [0, 0.05) is 23.6 Å². The lowest BCUT2D eigenvalue weighted by atomic mass is 9.81. The van der Waals surface area contributed by atoms with Crippen molar-refractivity contribution in [1.82, 2.24) is 0 Å². The number of ketones is 1. The molecule has 2 aromatic carbocycles. The fraction of sp³-hybridized carbons (Fsp3) is 0.435. The SMILES string of the molecule is COc1cc2c(cc1OC)[C@@H]1C(=O)c3ccc4c(c3O[C@@H]1CO2)C[C@H]([C@@](C)([127I])CO)O4. The molecule has 5 rings (SSSR count). The van der Waals surface area contributed by atoms with Crippen molar-refractivity contribution in [3.8, 4) is 28.7 Å². The predicted octanol–water partition coefficient (Wildman–Crippen LogP) is 3.31. The molecule has 7 nitrogen and oxygen atoms in total. The van der Waals surface area contributed by atoms with E-state index in [0.29, 0.717) is 40.7 Å². The predicted molar refractivity (Wildman–Crippen MR) is 121 cm³/mol. The van der Waals surface area contributed by atoms with Crippen LogP contribution in [0.15, 0.2) is 24.3 Å². The van der Waals surface area contributed by atoms with Crippen molar-refractivity contribution >= 4 is 28.4 Å². The summed E-state index contributed by atoms with van der Waals surface area (Å²) in [5.41, 5.74) is 2.16. The van der Waals surface area contributed by atoms with Gasteiger partial charge in [-0.1, -0.05) is 22.6 Å². The van der Waals surface area contributed by atoms with Crippen molar-refractivity contribution < 1.29 is 33.6 Å². The Morgan fingerprint density at radius 2 is 1.90 bits per heavy atom. The molecule has 0 fully saturated rings. The van der Waals surface area contributed by atoms with Crippen LogP contribution in [0.4, 0.5) is 0 Å². The van der Waals surface area contributed by atoms with Crippen LogP contribution >= 0.6 is 22.6 Å². The summed E-state index contributed by atoms with van der Waals surface area (Å²) in [6.07, 6.45) is -0.0675. The van der Waals surface area contributed by atoms with Gasteiger partial charge in [0.1, 0.15) is 36.1 Å². The number of halogens is 1. The van der Waals surface area contributed by atoms with Gasteiger partial charge in [-0.05, 0) is 25.1 Å². The minimum Gasteiger partial charge on any atom is -0.493 e. The molecular weight excluding hydrogens is 515 g/mol. The van der Waals surface area contributed by atoms with E-state index in [2.05, 4.69) is 22.6 Å². The molecule has 8 heteroatoms. The number of methoxy groups -OCH3 is 2. The number of alkyl halides is 1. The average Bonchev–Trinajstić information content (AvgIpc) is 3.23. The number of carbonyl (C=O) groups excluding carboxylic acids is 1. The number of ether oxygens (including phenoxy) is 5. The van der Waals surface area contributed by atoms with E-state index in [-0.39, 0.29) is 25.1 Å². The van der Waals surface area contributed by atoms with E-state index in [0.717, 1.165) is 11.1 Å². The minimum atomic E-state index is -0.487. The van der Waals surface area contributed by atoms with Crippen LogP contribution in [0.3, 0.4) is 0 Å². The van der Waals surface area contributed by atoms with Gasteiger partial charge >= 0.3 is 0 Å². The van der Waals surface area contributed by atoms with Gasteiger partial charge in [-0.15, -0.1) is 0 Å². The second kappa shape index (κ2) is 7.44. The van der Waals surface area contributed by atoms with E-state index >= 15 is 0 Å². The number of hydrogen-bond acceptors (Lipinski definition) is 7. The number of carbonyl (C=O) groups is 1. The Hall–Kier alpha value is -2.20. The molecule has 0 saturated carbocycles. The average molecular weight is 538 g/mol. The Labute approximate surface area is 193 Å². The standard InChI is InChI=1S/C23H23IO7/c1-23(24,10-25)19-7-13-14(30-19)5-4-11-21(26)20-12-6-16(27-2)17(28-3)8-15(12)29-9-18(20)31-22(11)13/h4-6,8,18-20,25H,7,9-10H2,1-3H3/t18-,19-,20+,23+/m1/s1/i24+0. The van der Waals surface area contributed by atoms with Crippen molar-refractivity contribution in [1.29, 1.82) is 0 Å². The number of benzene rings is 2. The molecule has 164 valence electrons. The fourth-order valence-corrected chi connectivity index (χ4v) is 4.85. The van der Waals surface area contributed by atoms with Gasteiger partial charge in [0.15, 0.2) is 17.3 Å². The highest BCUT2D eigenvalue weighted by Crippen LogP contribution is 2.50. The van der Waals surface area contributed by atoms with E-state index in [9.17, 15) is 9.90 Å². The van der Waals surface area contributed by atoms with E-state index in [1.807, 2.05) is 13.0 Å². The normalized spacial score (nSPS) is 24.9. The van der Waals surface area contributed by atoms with Gasteiger partial charge in [0.2, 0.25) is 0 Å². The Morgan fingerprint density at radius 3 is 2.61 bits per heavy atom. The monoisotopic (exact) mass is 538 g/mol. The molecule has 0 unspecified atom stereocenters. The van der Waals surface area contributed by atoms with E-state index in [1.165, 1.54) is 0 Å². The Morgan fingerprint density at radius 1 is 1.16 bits per heavy atom. The molecule has 2 aromatic rings. The molecule has 31 heavy (non-hydrogen) atoms. The van der Waals surface area contributed by atoms with Crippen LogP contribution < -0.4 is 23.7 Å². The van der Waals surface area contributed by atoms with Crippen LogP contribution in [0.2, 0.25) is 0 Å². The second-order valence-corrected chi connectivity index (χ2v) is 10.7. The summed E-state index contributed by atoms with van der Waals surface area (Å²) in [6.45, 7) is 2.20. The number of Topliss-reactive ketones (excluding diaryl/α,β-unsaturated/α-hetero) is 1. The molecule has 0 spiro atoms. The third kappa shape index (κ3) is 3.14. The first kappa shape index (κ1) is 20.7. The van der Waals surface area contributed by atoms with Crippen LogP contribution in [0.5, 0.6) is 28.7 Å². The molecule has 0 saturated heterocycles. The van der Waals surface area contributed by atoms with Gasteiger partial charge in [0.05, 0.1) is 35.7 Å². The van der Waals surface area contributed by atoms with Gasteiger partial charge in [0.25, 0.3) is 0 Å². The van der Waals surface area contributed by atoms with Gasteiger partial charge in [-0.25, -0.2) is 0 Å². The van der Waals surface area contributed by atoms with Gasteiger partial charge < -0.3 is 28.8 Å². The molecule has 0 aliphatic carbocycles. The molecule has 0 aromatic heterocycles. The fourth-order valence-electron chi connectivity index (χ4n) is 4.50. The zero-order valence-corrected chi connectivity index (χ0v) is 19.6. The summed E-state index contributed by atoms with van der Waals surface area (Å²) in [4.78, 5) is 13.6. The molecular formula is C23H23IO7. The van der Waals surface area contributed by atoms with E-state index < -0.39 is 15.4 Å². The Balaban J connectivity index is 1.55. The molecule has 3 aliphatic rings. The molecule has 0 radical (unpaired) electrons. The molecule has 4 atom stereocenters. The van der Waals surface area contributed by atoms with E-state index in [4.69, 9.17) is 23.7 Å². The van der Waals surface area contributed by atoms with Crippen LogP contribution in [0.1, 0.15) is 34.3 Å². The third-order valence-electron chi connectivity index (χ3n) is 6.30. The topological polar surface area (TPSA) is 83.5 Å². The van der Waals surface area contributed by atoms with Crippen molar-refractivity contribution in [3.05, 3.63) is 41.0 Å². The lowest BCUT2D eigenvalue weighted by Crippen LogP contribution is -2.43. The third-order valence-corrected chi connectivity index (χ3v) is 7.34.